The minimum absolute atomic E-state index is 0.124. The topological polar surface area (TPSA) is 48.1 Å². The second-order valence-electron chi connectivity index (χ2n) is 7.29. The molecule has 24 heavy (non-hydrogen) atoms. The molecular weight excluding hydrogens is 298 g/mol. The van der Waals surface area contributed by atoms with Crippen LogP contribution in [0.25, 0.3) is 10.9 Å². The van der Waals surface area contributed by atoms with E-state index in [0.717, 1.165) is 24.3 Å². The minimum atomic E-state index is 0.124. The highest BCUT2D eigenvalue weighted by atomic mass is 16.1. The van der Waals surface area contributed by atoms with E-state index in [1.54, 1.807) is 0 Å². The second kappa shape index (κ2) is 6.98. The first-order valence-electron chi connectivity index (χ1n) is 9.01. The fraction of sp³-hybridized carbons (Fsp3) is 0.550. The quantitative estimate of drug-likeness (QED) is 0.906. The summed E-state index contributed by atoms with van der Waals surface area (Å²) in [5.74, 6) is 0.124. The van der Waals surface area contributed by atoms with Gasteiger partial charge in [-0.3, -0.25) is 4.79 Å². The van der Waals surface area contributed by atoms with Gasteiger partial charge < -0.3 is 15.2 Å². The van der Waals surface area contributed by atoms with Gasteiger partial charge in [-0.25, -0.2) is 0 Å². The zero-order chi connectivity index (χ0) is 17.3. The number of likely N-dealkylation sites (tertiary alicyclic amines) is 1. The molecule has 0 spiro atoms. The molecule has 2 aromatic rings. The lowest BCUT2D eigenvalue weighted by molar-refractivity contribution is -0.120. The van der Waals surface area contributed by atoms with E-state index in [1.807, 2.05) is 0 Å². The fourth-order valence-corrected chi connectivity index (χ4v) is 3.89. The van der Waals surface area contributed by atoms with Crippen molar-refractivity contribution in [2.45, 2.75) is 52.5 Å². The molecule has 130 valence electrons. The van der Waals surface area contributed by atoms with Crippen LogP contribution in [-0.2, 0) is 11.2 Å². The number of aromatic nitrogens is 1. The number of amides is 1. The van der Waals surface area contributed by atoms with Crippen LogP contribution in [0, 0.1) is 20.8 Å². The molecule has 1 saturated heterocycles. The highest BCUT2D eigenvalue weighted by Crippen LogP contribution is 2.28. The summed E-state index contributed by atoms with van der Waals surface area (Å²) in [6, 6.07) is 4.76. The Morgan fingerprint density at radius 2 is 2.00 bits per heavy atom. The molecule has 1 amide bonds. The number of H-pyrrole nitrogens is 1. The summed E-state index contributed by atoms with van der Waals surface area (Å²) in [5, 5.41) is 4.37. The third-order valence-corrected chi connectivity index (χ3v) is 5.48. The number of likely N-dealkylation sites (N-methyl/N-ethyl adjacent to an activating group) is 1. The van der Waals surface area contributed by atoms with Gasteiger partial charge in [0.1, 0.15) is 0 Å². The number of benzene rings is 1. The molecule has 1 unspecified atom stereocenters. The number of fused-ring (bicyclic) bond motifs is 1. The van der Waals surface area contributed by atoms with E-state index >= 15 is 0 Å². The number of rotatable bonds is 4. The Kier molecular flexibility index (Phi) is 4.95. The maximum Gasteiger partial charge on any atom is 0.224 e. The first-order valence-corrected chi connectivity index (χ1v) is 9.01. The molecule has 2 heterocycles. The van der Waals surface area contributed by atoms with Gasteiger partial charge in [0.05, 0.1) is 6.42 Å². The predicted octanol–water partition coefficient (Wildman–Crippen LogP) is 3.24. The van der Waals surface area contributed by atoms with E-state index in [4.69, 9.17) is 0 Å². The van der Waals surface area contributed by atoms with Crippen molar-refractivity contribution in [3.63, 3.8) is 0 Å². The van der Waals surface area contributed by atoms with Gasteiger partial charge in [0.25, 0.3) is 0 Å². The van der Waals surface area contributed by atoms with Crippen LogP contribution in [0.2, 0.25) is 0 Å². The number of nitrogens with one attached hydrogen (secondary N) is 2. The molecule has 0 aliphatic carbocycles. The number of hydrogen-bond donors (Lipinski definition) is 2. The number of carbonyl (C=O) groups is 1. The highest BCUT2D eigenvalue weighted by Gasteiger charge is 2.20. The molecule has 0 radical (unpaired) electrons. The number of nitrogens with zero attached hydrogens (tertiary/aromatic N) is 1. The smallest absolute Gasteiger partial charge is 0.224 e. The summed E-state index contributed by atoms with van der Waals surface area (Å²) >= 11 is 0. The van der Waals surface area contributed by atoms with Crippen molar-refractivity contribution in [3.05, 3.63) is 34.5 Å². The highest BCUT2D eigenvalue weighted by molar-refractivity contribution is 5.93. The lowest BCUT2D eigenvalue weighted by Gasteiger charge is -2.32. The summed E-state index contributed by atoms with van der Waals surface area (Å²) in [4.78, 5) is 18.3. The molecule has 2 N–H and O–H groups in total. The first-order chi connectivity index (χ1) is 11.5. The maximum absolute atomic E-state index is 12.5. The van der Waals surface area contributed by atoms with Gasteiger partial charge in [-0.2, -0.15) is 0 Å². The van der Waals surface area contributed by atoms with E-state index in [0.29, 0.717) is 12.5 Å². The van der Waals surface area contributed by atoms with Crippen LogP contribution in [0.4, 0.5) is 0 Å². The molecular formula is C20H29N3O. The third-order valence-electron chi connectivity index (χ3n) is 5.48. The summed E-state index contributed by atoms with van der Waals surface area (Å²) in [6.07, 6.45) is 4.17. The molecule has 1 fully saturated rings. The lowest BCUT2D eigenvalue weighted by Crippen LogP contribution is -2.44. The maximum atomic E-state index is 12.5. The molecule has 3 rings (SSSR count). The van der Waals surface area contributed by atoms with Gasteiger partial charge in [-0.15, -0.1) is 0 Å². The van der Waals surface area contributed by atoms with E-state index in [1.165, 1.54) is 41.3 Å². The molecule has 1 aliphatic heterocycles. The summed E-state index contributed by atoms with van der Waals surface area (Å²) in [6.45, 7) is 8.19. The van der Waals surface area contributed by atoms with Crippen LogP contribution in [0.5, 0.6) is 0 Å². The Balaban J connectivity index is 1.71. The van der Waals surface area contributed by atoms with Crippen LogP contribution >= 0.6 is 0 Å². The molecule has 4 heteroatoms. The largest absolute Gasteiger partial charge is 0.358 e. The molecule has 1 aromatic heterocycles. The van der Waals surface area contributed by atoms with Gasteiger partial charge >= 0.3 is 0 Å². The Morgan fingerprint density at radius 3 is 2.75 bits per heavy atom. The average Bonchev–Trinajstić information content (AvgIpc) is 2.88. The molecule has 1 aliphatic rings. The minimum Gasteiger partial charge on any atom is -0.358 e. The fourth-order valence-electron chi connectivity index (χ4n) is 3.89. The number of hydrogen-bond acceptors (Lipinski definition) is 2. The van der Waals surface area contributed by atoms with Gasteiger partial charge in [-0.05, 0) is 63.9 Å². The van der Waals surface area contributed by atoms with E-state index in [2.05, 4.69) is 55.2 Å². The Hall–Kier alpha value is -1.81. The predicted molar refractivity (Wildman–Crippen MR) is 99.5 cm³/mol. The van der Waals surface area contributed by atoms with Crippen molar-refractivity contribution in [1.29, 1.82) is 0 Å². The van der Waals surface area contributed by atoms with Gasteiger partial charge in [0.2, 0.25) is 5.91 Å². The Bertz CT molecular complexity index is 747. The van der Waals surface area contributed by atoms with Crippen LogP contribution in [0.3, 0.4) is 0 Å². The number of piperidine rings is 1. The number of aryl methyl sites for hydroxylation is 3. The van der Waals surface area contributed by atoms with Crippen molar-refractivity contribution in [3.8, 4) is 0 Å². The van der Waals surface area contributed by atoms with Gasteiger partial charge in [-0.1, -0.05) is 18.6 Å². The first kappa shape index (κ1) is 17.0. The standard InChI is InChI=1S/C20H29N3O/c1-13-8-9-14(2)20-19(13)17(15(3)22-20)11-18(24)21-12-16-7-5-6-10-23(16)4/h8-9,16,22H,5-7,10-12H2,1-4H3,(H,21,24). The molecule has 1 aromatic carbocycles. The van der Waals surface area contributed by atoms with E-state index in [9.17, 15) is 4.79 Å². The van der Waals surface area contributed by atoms with Crippen LogP contribution in [-0.4, -0.2) is 42.0 Å². The van der Waals surface area contributed by atoms with Crippen LogP contribution in [0.1, 0.15) is 41.6 Å². The van der Waals surface area contributed by atoms with Gasteiger partial charge in [0.15, 0.2) is 0 Å². The van der Waals surface area contributed by atoms with Crippen LogP contribution < -0.4 is 5.32 Å². The number of carbonyl (C=O) groups excluding carboxylic acids is 1. The summed E-state index contributed by atoms with van der Waals surface area (Å²) in [7, 11) is 2.16. The van der Waals surface area contributed by atoms with E-state index in [-0.39, 0.29) is 5.91 Å². The molecule has 1 atom stereocenters. The molecule has 0 saturated carbocycles. The summed E-state index contributed by atoms with van der Waals surface area (Å²) in [5.41, 5.74) is 5.87. The van der Waals surface area contributed by atoms with Crippen molar-refractivity contribution in [2.24, 2.45) is 0 Å². The SMILES string of the molecule is Cc1[nH]c2c(C)ccc(C)c2c1CC(=O)NCC1CCCCN1C. The normalized spacial score (nSPS) is 18.9. The number of aromatic amines is 1. The zero-order valence-electron chi connectivity index (χ0n) is 15.3. The molecule has 4 nitrogen and oxygen atoms in total. The zero-order valence-corrected chi connectivity index (χ0v) is 15.3. The Labute approximate surface area is 144 Å². The summed E-state index contributed by atoms with van der Waals surface area (Å²) < 4.78 is 0. The van der Waals surface area contributed by atoms with Crippen molar-refractivity contribution < 1.29 is 4.79 Å². The van der Waals surface area contributed by atoms with Crippen molar-refractivity contribution in [2.75, 3.05) is 20.1 Å². The van der Waals surface area contributed by atoms with Crippen LogP contribution in [0.15, 0.2) is 12.1 Å². The average molecular weight is 327 g/mol. The third kappa shape index (κ3) is 3.34. The van der Waals surface area contributed by atoms with Crippen molar-refractivity contribution >= 4 is 16.8 Å². The molecule has 0 bridgehead atoms. The van der Waals surface area contributed by atoms with Crippen molar-refractivity contribution in [1.82, 2.24) is 15.2 Å². The second-order valence-corrected chi connectivity index (χ2v) is 7.29. The van der Waals surface area contributed by atoms with E-state index < -0.39 is 0 Å². The van der Waals surface area contributed by atoms with Gasteiger partial charge in [0, 0.05) is 29.2 Å². The monoisotopic (exact) mass is 327 g/mol. The Morgan fingerprint density at radius 1 is 1.25 bits per heavy atom. The lowest BCUT2D eigenvalue weighted by atomic mass is 10.0.